The lowest BCUT2D eigenvalue weighted by molar-refractivity contribution is -0.137. The molecule has 9 nitrogen and oxygen atoms in total. The predicted molar refractivity (Wildman–Crippen MR) is 172 cm³/mol. The van der Waals surface area contributed by atoms with Crippen molar-refractivity contribution in [1.29, 1.82) is 0 Å². The van der Waals surface area contributed by atoms with Gasteiger partial charge in [0, 0.05) is 58.5 Å². The number of carbonyl (C=O) groups is 3. The summed E-state index contributed by atoms with van der Waals surface area (Å²) in [6, 6.07) is 17.2. The van der Waals surface area contributed by atoms with Crippen molar-refractivity contribution in [2.24, 2.45) is 5.41 Å². The molecule has 10 heteroatoms. The van der Waals surface area contributed by atoms with Crippen molar-refractivity contribution in [3.63, 3.8) is 0 Å². The van der Waals surface area contributed by atoms with Crippen LogP contribution in [0.2, 0.25) is 5.02 Å². The van der Waals surface area contributed by atoms with Crippen molar-refractivity contribution in [1.82, 2.24) is 0 Å². The Hall–Kier alpha value is -4.18. The molecule has 0 aromatic heterocycles. The summed E-state index contributed by atoms with van der Waals surface area (Å²) < 4.78 is 22.8. The van der Waals surface area contributed by atoms with Gasteiger partial charge in [-0.3, -0.25) is 9.59 Å². The van der Waals surface area contributed by atoms with Gasteiger partial charge in [0.05, 0.1) is 20.8 Å². The van der Waals surface area contributed by atoms with Crippen molar-refractivity contribution in [2.75, 3.05) is 38.9 Å². The fourth-order valence-electron chi connectivity index (χ4n) is 5.13. The molecule has 2 atom stereocenters. The SMILES string of the molecule is CCOC(=O)/C=C/c1ccc(C(=O)C[C@H]2O[C@H](c3cccc(OC)c3OC)c3cc(Cl)ccc3N(CC(C)(C)CO)C2=O)cc1. The molecule has 0 saturated heterocycles. The van der Waals surface area contributed by atoms with Crippen LogP contribution in [0.4, 0.5) is 5.69 Å². The normalized spacial score (nSPS) is 16.7. The first-order chi connectivity index (χ1) is 21.5. The molecule has 0 fully saturated rings. The molecule has 3 aromatic rings. The van der Waals surface area contributed by atoms with E-state index in [0.29, 0.717) is 44.5 Å². The topological polar surface area (TPSA) is 112 Å². The Kier molecular flexibility index (Phi) is 11.0. The number of carbonyl (C=O) groups excluding carboxylic acids is 3. The molecule has 0 aliphatic carbocycles. The van der Waals surface area contributed by atoms with Crippen LogP contribution in [-0.4, -0.2) is 62.8 Å². The van der Waals surface area contributed by atoms with E-state index in [4.69, 9.17) is 30.5 Å². The minimum Gasteiger partial charge on any atom is -0.493 e. The van der Waals surface area contributed by atoms with Crippen molar-refractivity contribution in [3.8, 4) is 11.5 Å². The van der Waals surface area contributed by atoms with Gasteiger partial charge in [-0.15, -0.1) is 0 Å². The van der Waals surface area contributed by atoms with E-state index < -0.39 is 29.5 Å². The number of anilines is 1. The Morgan fingerprint density at radius 1 is 1.04 bits per heavy atom. The molecule has 1 aliphatic heterocycles. The van der Waals surface area contributed by atoms with Crippen LogP contribution in [0.3, 0.4) is 0 Å². The van der Waals surface area contributed by atoms with Gasteiger partial charge in [0.1, 0.15) is 12.2 Å². The molecule has 1 heterocycles. The van der Waals surface area contributed by atoms with E-state index in [-0.39, 0.29) is 32.0 Å². The summed E-state index contributed by atoms with van der Waals surface area (Å²) in [7, 11) is 3.05. The highest BCUT2D eigenvalue weighted by atomic mass is 35.5. The number of nitrogens with zero attached hydrogens (tertiary/aromatic N) is 1. The van der Waals surface area contributed by atoms with Crippen LogP contribution in [0.15, 0.2) is 66.7 Å². The molecule has 1 N–H and O–H groups in total. The average molecular weight is 636 g/mol. The number of aliphatic hydroxyl groups is 1. The quantitative estimate of drug-likeness (QED) is 0.146. The van der Waals surface area contributed by atoms with Crippen LogP contribution < -0.4 is 14.4 Å². The third-order valence-corrected chi connectivity index (χ3v) is 7.67. The Morgan fingerprint density at radius 2 is 1.78 bits per heavy atom. The number of ether oxygens (including phenoxy) is 4. The maximum absolute atomic E-state index is 14.3. The fraction of sp³-hybridized carbons (Fsp3) is 0.343. The third-order valence-electron chi connectivity index (χ3n) is 7.44. The Labute approximate surface area is 268 Å². The van der Waals surface area contributed by atoms with Gasteiger partial charge in [-0.1, -0.05) is 61.8 Å². The van der Waals surface area contributed by atoms with Crippen molar-refractivity contribution in [3.05, 3.63) is 94.0 Å². The lowest BCUT2D eigenvalue weighted by Gasteiger charge is -2.32. The molecule has 45 heavy (non-hydrogen) atoms. The first kappa shape index (κ1) is 33.7. The number of methoxy groups -OCH3 is 2. The molecule has 0 unspecified atom stereocenters. The number of Topliss-reactive ketones (excluding diaryl/α,β-unsaturated/α-hetero) is 1. The number of aliphatic hydroxyl groups excluding tert-OH is 1. The smallest absolute Gasteiger partial charge is 0.330 e. The van der Waals surface area contributed by atoms with E-state index >= 15 is 0 Å². The molecule has 3 aromatic carbocycles. The lowest BCUT2D eigenvalue weighted by atomic mass is 9.92. The van der Waals surface area contributed by atoms with Gasteiger partial charge in [0.15, 0.2) is 17.3 Å². The van der Waals surface area contributed by atoms with Gasteiger partial charge in [-0.05, 0) is 42.8 Å². The van der Waals surface area contributed by atoms with E-state index in [1.807, 2.05) is 19.9 Å². The standard InChI is InChI=1S/C35H38ClNO8/c1-6-44-31(40)17-12-22-10-13-23(14-11-22)28(39)19-30-34(41)37(20-35(2,3)21-38)27-16-15-24(36)18-26(27)32(45-30)25-8-7-9-29(42-4)33(25)43-5/h7-18,30,32,38H,6,19-21H2,1-5H3/b17-12+/t30-,32-/m1/s1. The minimum atomic E-state index is -1.19. The molecule has 0 radical (unpaired) electrons. The number of esters is 1. The second-order valence-corrected chi connectivity index (χ2v) is 11.8. The summed E-state index contributed by atoms with van der Waals surface area (Å²) in [4.78, 5) is 41.1. The van der Waals surface area contributed by atoms with Gasteiger partial charge in [0.25, 0.3) is 5.91 Å². The maximum atomic E-state index is 14.3. The summed E-state index contributed by atoms with van der Waals surface area (Å²) in [6.07, 6.45) is 0.611. The molecule has 4 rings (SSSR count). The van der Waals surface area contributed by atoms with Crippen molar-refractivity contribution in [2.45, 2.75) is 39.4 Å². The second kappa shape index (κ2) is 14.7. The Bertz CT molecular complexity index is 1570. The van der Waals surface area contributed by atoms with E-state index in [0.717, 1.165) is 0 Å². The fourth-order valence-corrected chi connectivity index (χ4v) is 5.31. The number of amides is 1. The van der Waals surface area contributed by atoms with Gasteiger partial charge in [-0.2, -0.15) is 0 Å². The highest BCUT2D eigenvalue weighted by Gasteiger charge is 2.40. The van der Waals surface area contributed by atoms with Crippen molar-refractivity contribution < 1.29 is 38.4 Å². The van der Waals surface area contributed by atoms with Gasteiger partial charge >= 0.3 is 5.97 Å². The first-order valence-corrected chi connectivity index (χ1v) is 15.0. The van der Waals surface area contributed by atoms with Crippen LogP contribution in [0.5, 0.6) is 11.5 Å². The van der Waals surface area contributed by atoms with Gasteiger partial charge in [-0.25, -0.2) is 4.79 Å². The van der Waals surface area contributed by atoms with E-state index in [1.54, 1.807) is 72.5 Å². The Morgan fingerprint density at radius 3 is 2.42 bits per heavy atom. The molecule has 0 bridgehead atoms. The van der Waals surface area contributed by atoms with E-state index in [2.05, 4.69) is 0 Å². The molecule has 238 valence electrons. The maximum Gasteiger partial charge on any atom is 0.330 e. The first-order valence-electron chi connectivity index (χ1n) is 14.6. The molecule has 1 aliphatic rings. The summed E-state index contributed by atoms with van der Waals surface area (Å²) >= 11 is 6.49. The number of rotatable bonds is 12. The average Bonchev–Trinajstić information content (AvgIpc) is 3.13. The molecule has 0 saturated carbocycles. The predicted octanol–water partition coefficient (Wildman–Crippen LogP) is 6.05. The third kappa shape index (κ3) is 7.92. The Balaban J connectivity index is 1.76. The zero-order valence-electron chi connectivity index (χ0n) is 26.0. The lowest BCUT2D eigenvalue weighted by Crippen LogP contribution is -2.45. The van der Waals surface area contributed by atoms with E-state index in [1.165, 1.54) is 20.3 Å². The number of fused-ring (bicyclic) bond motifs is 1. The van der Waals surface area contributed by atoms with Crippen LogP contribution in [0.25, 0.3) is 6.08 Å². The van der Waals surface area contributed by atoms with Gasteiger partial charge in [0.2, 0.25) is 0 Å². The summed E-state index contributed by atoms with van der Waals surface area (Å²) in [6.45, 7) is 5.69. The monoisotopic (exact) mass is 635 g/mol. The second-order valence-electron chi connectivity index (χ2n) is 11.4. The van der Waals surface area contributed by atoms with Gasteiger partial charge < -0.3 is 29.0 Å². The summed E-state index contributed by atoms with van der Waals surface area (Å²) in [5.74, 6) is -0.298. The molecule has 1 amide bonds. The number of hydrogen-bond donors (Lipinski definition) is 1. The highest BCUT2D eigenvalue weighted by Crippen LogP contribution is 2.45. The zero-order chi connectivity index (χ0) is 32.7. The number of hydrogen-bond acceptors (Lipinski definition) is 8. The summed E-state index contributed by atoms with van der Waals surface area (Å²) in [5.41, 5.74) is 2.16. The largest absolute Gasteiger partial charge is 0.493 e. The van der Waals surface area contributed by atoms with Crippen LogP contribution in [-0.2, 0) is 19.1 Å². The molecule has 0 spiro atoms. The minimum absolute atomic E-state index is 0.161. The number of ketones is 1. The highest BCUT2D eigenvalue weighted by molar-refractivity contribution is 6.30. The zero-order valence-corrected chi connectivity index (χ0v) is 26.8. The number of benzene rings is 3. The van der Waals surface area contributed by atoms with Crippen LogP contribution in [0.1, 0.15) is 60.3 Å². The van der Waals surface area contributed by atoms with Crippen LogP contribution >= 0.6 is 11.6 Å². The number of halogens is 1. The molecular formula is C35H38ClNO8. The number of para-hydroxylation sites is 1. The van der Waals surface area contributed by atoms with Crippen LogP contribution in [0, 0.1) is 5.41 Å². The summed E-state index contributed by atoms with van der Waals surface area (Å²) in [5, 5.41) is 10.5. The molecular weight excluding hydrogens is 598 g/mol. The van der Waals surface area contributed by atoms with E-state index in [9.17, 15) is 19.5 Å². The van der Waals surface area contributed by atoms with Crippen molar-refractivity contribution >= 4 is 41.0 Å².